The molecule has 0 aromatic heterocycles. The Morgan fingerprint density at radius 3 is 2.44 bits per heavy atom. The molecule has 0 amide bonds. The van der Waals surface area contributed by atoms with Crippen LogP contribution in [0.3, 0.4) is 0 Å². The van der Waals surface area contributed by atoms with Crippen LogP contribution in [0.25, 0.3) is 0 Å². The molecule has 0 atom stereocenters. The van der Waals surface area contributed by atoms with E-state index in [1.807, 2.05) is 0 Å². The molecule has 1 aliphatic carbocycles. The fourth-order valence-electron chi connectivity index (χ4n) is 2.80. The maximum absolute atomic E-state index is 9.34. The van der Waals surface area contributed by atoms with Crippen molar-refractivity contribution in [2.75, 3.05) is 32.8 Å². The van der Waals surface area contributed by atoms with Crippen LogP contribution in [0.1, 0.15) is 25.7 Å². The summed E-state index contributed by atoms with van der Waals surface area (Å²) in [7, 11) is 0. The molecule has 2 rings (SSSR count). The van der Waals surface area contributed by atoms with E-state index in [1.165, 1.54) is 12.8 Å². The molecule has 4 heteroatoms. The molecule has 16 heavy (non-hydrogen) atoms. The van der Waals surface area contributed by atoms with Crippen LogP contribution >= 0.6 is 0 Å². The zero-order chi connectivity index (χ0) is 11.4. The number of aliphatic hydroxyl groups is 2. The molecular formula is C12H24N2O2. The molecule has 1 saturated heterocycles. The highest BCUT2D eigenvalue weighted by Crippen LogP contribution is 2.27. The van der Waals surface area contributed by atoms with Gasteiger partial charge in [-0.3, -0.25) is 4.90 Å². The van der Waals surface area contributed by atoms with Gasteiger partial charge < -0.3 is 15.5 Å². The molecule has 2 fully saturated rings. The highest BCUT2D eigenvalue weighted by Gasteiger charge is 2.33. The van der Waals surface area contributed by atoms with E-state index in [0.29, 0.717) is 6.04 Å². The summed E-state index contributed by atoms with van der Waals surface area (Å²) < 4.78 is 0. The van der Waals surface area contributed by atoms with Gasteiger partial charge >= 0.3 is 0 Å². The lowest BCUT2D eigenvalue weighted by atomic mass is 9.86. The van der Waals surface area contributed by atoms with E-state index in [1.54, 1.807) is 0 Å². The summed E-state index contributed by atoms with van der Waals surface area (Å²) >= 11 is 0. The molecule has 4 nitrogen and oxygen atoms in total. The third-order valence-corrected chi connectivity index (χ3v) is 3.94. The summed E-state index contributed by atoms with van der Waals surface area (Å²) in [6, 6.07) is 0.511. The molecular weight excluding hydrogens is 204 g/mol. The molecule has 0 spiro atoms. The number of hydrogen-bond acceptors (Lipinski definition) is 4. The maximum Gasteiger partial charge on any atom is 0.0570 e. The highest BCUT2D eigenvalue weighted by molar-refractivity contribution is 4.88. The van der Waals surface area contributed by atoms with E-state index in [4.69, 9.17) is 5.11 Å². The fraction of sp³-hybridized carbons (Fsp3) is 1.00. The van der Waals surface area contributed by atoms with Crippen molar-refractivity contribution in [3.63, 3.8) is 0 Å². The van der Waals surface area contributed by atoms with Gasteiger partial charge in [0.25, 0.3) is 0 Å². The van der Waals surface area contributed by atoms with Crippen molar-refractivity contribution in [1.82, 2.24) is 10.2 Å². The van der Waals surface area contributed by atoms with Crippen molar-refractivity contribution in [2.45, 2.75) is 37.8 Å². The fourth-order valence-corrected chi connectivity index (χ4v) is 2.80. The normalized spacial score (nSPS) is 31.7. The molecule has 0 radical (unpaired) electrons. The lowest BCUT2D eigenvalue weighted by molar-refractivity contribution is -0.0120. The molecule has 0 aromatic rings. The second kappa shape index (κ2) is 5.96. The van der Waals surface area contributed by atoms with Crippen LogP contribution in [0.4, 0.5) is 0 Å². The SMILES string of the molecule is OCCN(CC1CCNCC1)C1CC(O)C1. The number of aliphatic hydroxyl groups excluding tert-OH is 2. The number of nitrogens with one attached hydrogen (secondary N) is 1. The van der Waals surface area contributed by atoms with E-state index in [0.717, 1.165) is 44.9 Å². The molecule has 2 aliphatic rings. The summed E-state index contributed by atoms with van der Waals surface area (Å²) in [6.07, 6.45) is 4.18. The smallest absolute Gasteiger partial charge is 0.0570 e. The molecule has 1 aliphatic heterocycles. The molecule has 94 valence electrons. The molecule has 0 bridgehead atoms. The van der Waals surface area contributed by atoms with Crippen molar-refractivity contribution in [2.24, 2.45) is 5.92 Å². The van der Waals surface area contributed by atoms with Crippen LogP contribution < -0.4 is 5.32 Å². The Morgan fingerprint density at radius 2 is 1.88 bits per heavy atom. The first kappa shape index (κ1) is 12.3. The van der Waals surface area contributed by atoms with E-state index >= 15 is 0 Å². The lowest BCUT2D eigenvalue weighted by Crippen LogP contribution is -2.50. The summed E-state index contributed by atoms with van der Waals surface area (Å²) in [5.74, 6) is 0.769. The van der Waals surface area contributed by atoms with Crippen molar-refractivity contribution in [3.05, 3.63) is 0 Å². The van der Waals surface area contributed by atoms with Gasteiger partial charge in [-0.05, 0) is 44.7 Å². The first-order chi connectivity index (χ1) is 7.79. The van der Waals surface area contributed by atoms with Crippen molar-refractivity contribution in [1.29, 1.82) is 0 Å². The second-order valence-corrected chi connectivity index (χ2v) is 5.19. The van der Waals surface area contributed by atoms with Gasteiger partial charge in [-0.25, -0.2) is 0 Å². The van der Waals surface area contributed by atoms with E-state index in [2.05, 4.69) is 10.2 Å². The van der Waals surface area contributed by atoms with Gasteiger partial charge in [-0.2, -0.15) is 0 Å². The Labute approximate surface area is 97.6 Å². The molecule has 0 unspecified atom stereocenters. The van der Waals surface area contributed by atoms with Gasteiger partial charge in [-0.1, -0.05) is 0 Å². The standard InChI is InChI=1S/C12H24N2O2/c15-6-5-14(11-7-12(16)8-11)9-10-1-3-13-4-2-10/h10-13,15-16H,1-9H2. The van der Waals surface area contributed by atoms with E-state index in [-0.39, 0.29) is 12.7 Å². The summed E-state index contributed by atoms with van der Waals surface area (Å²) in [6.45, 7) is 4.36. The van der Waals surface area contributed by atoms with Gasteiger partial charge in [0.15, 0.2) is 0 Å². The van der Waals surface area contributed by atoms with Gasteiger partial charge in [0.2, 0.25) is 0 Å². The first-order valence-electron chi connectivity index (χ1n) is 6.53. The third-order valence-electron chi connectivity index (χ3n) is 3.94. The molecule has 3 N–H and O–H groups in total. The summed E-state index contributed by atoms with van der Waals surface area (Å²) in [5.41, 5.74) is 0. The largest absolute Gasteiger partial charge is 0.395 e. The Balaban J connectivity index is 1.77. The van der Waals surface area contributed by atoms with Crippen LogP contribution in [-0.4, -0.2) is 60.0 Å². The Kier molecular flexibility index (Phi) is 4.58. The predicted octanol–water partition coefficient (Wildman–Crippen LogP) is -0.196. The monoisotopic (exact) mass is 228 g/mol. The molecule has 1 heterocycles. The maximum atomic E-state index is 9.34. The number of hydrogen-bond donors (Lipinski definition) is 3. The van der Waals surface area contributed by atoms with Crippen molar-refractivity contribution >= 4 is 0 Å². The minimum atomic E-state index is -0.0979. The van der Waals surface area contributed by atoms with Crippen LogP contribution in [0.15, 0.2) is 0 Å². The highest BCUT2D eigenvalue weighted by atomic mass is 16.3. The van der Waals surface area contributed by atoms with E-state index < -0.39 is 0 Å². The quantitative estimate of drug-likeness (QED) is 0.610. The van der Waals surface area contributed by atoms with Gasteiger partial charge in [0.05, 0.1) is 12.7 Å². The van der Waals surface area contributed by atoms with Crippen molar-refractivity contribution < 1.29 is 10.2 Å². The van der Waals surface area contributed by atoms with E-state index in [9.17, 15) is 5.11 Å². The zero-order valence-corrected chi connectivity index (χ0v) is 9.94. The minimum Gasteiger partial charge on any atom is -0.395 e. The number of nitrogens with zero attached hydrogens (tertiary/aromatic N) is 1. The van der Waals surface area contributed by atoms with Gasteiger partial charge in [0.1, 0.15) is 0 Å². The average molecular weight is 228 g/mol. The Bertz CT molecular complexity index is 199. The first-order valence-corrected chi connectivity index (χ1v) is 6.53. The lowest BCUT2D eigenvalue weighted by Gasteiger charge is -2.42. The van der Waals surface area contributed by atoms with Crippen LogP contribution in [-0.2, 0) is 0 Å². The third kappa shape index (κ3) is 3.17. The van der Waals surface area contributed by atoms with Crippen LogP contribution in [0.5, 0.6) is 0 Å². The van der Waals surface area contributed by atoms with Gasteiger partial charge in [-0.15, -0.1) is 0 Å². The topological polar surface area (TPSA) is 55.7 Å². The number of piperidine rings is 1. The second-order valence-electron chi connectivity index (χ2n) is 5.19. The van der Waals surface area contributed by atoms with Crippen LogP contribution in [0, 0.1) is 5.92 Å². The van der Waals surface area contributed by atoms with Crippen LogP contribution in [0.2, 0.25) is 0 Å². The van der Waals surface area contributed by atoms with Gasteiger partial charge in [0, 0.05) is 19.1 Å². The Hall–Kier alpha value is -0.160. The molecule has 1 saturated carbocycles. The molecule has 0 aromatic carbocycles. The Morgan fingerprint density at radius 1 is 1.19 bits per heavy atom. The summed E-state index contributed by atoms with van der Waals surface area (Å²) in [5, 5.41) is 21.8. The zero-order valence-electron chi connectivity index (χ0n) is 9.94. The summed E-state index contributed by atoms with van der Waals surface area (Å²) in [4.78, 5) is 2.38. The minimum absolute atomic E-state index is 0.0979. The number of rotatable bonds is 5. The van der Waals surface area contributed by atoms with Crippen molar-refractivity contribution in [3.8, 4) is 0 Å². The average Bonchev–Trinajstić information content (AvgIpc) is 2.26. The predicted molar refractivity (Wildman–Crippen MR) is 63.3 cm³/mol.